The zero-order valence-corrected chi connectivity index (χ0v) is 19.3. The molecular weight excluding hydrogens is 424 g/mol. The third-order valence-corrected chi connectivity index (χ3v) is 6.21. The molecule has 1 aliphatic rings. The Balaban J connectivity index is 1.72. The Labute approximate surface area is 193 Å². The largest absolute Gasteiger partial charge is 0.480 e. The first-order chi connectivity index (χ1) is 15.8. The van der Waals surface area contributed by atoms with E-state index in [0.717, 1.165) is 27.2 Å². The second-order valence-corrected chi connectivity index (χ2v) is 8.10. The number of ether oxygens (including phenoxy) is 2. The number of carboxylic acids is 1. The molecule has 2 aromatic rings. The highest BCUT2D eigenvalue weighted by Crippen LogP contribution is 2.44. The molecule has 0 saturated heterocycles. The number of rotatable bonds is 9. The molecule has 3 rings (SSSR count). The maximum Gasteiger partial charge on any atom is 0.407 e. The van der Waals surface area contributed by atoms with Crippen molar-refractivity contribution in [3.63, 3.8) is 0 Å². The van der Waals surface area contributed by atoms with Gasteiger partial charge < -0.3 is 24.8 Å². The number of hydrogen-bond donors (Lipinski definition) is 2. The maximum absolute atomic E-state index is 13.0. The third kappa shape index (κ3) is 5.01. The van der Waals surface area contributed by atoms with E-state index in [9.17, 15) is 19.5 Å². The molecule has 0 aromatic heterocycles. The standard InChI is InChI=1S/C25H30N2O6/c1-5-21(24(29)30)27(3)23(28)22(15(2)32-4)26-25(31)33-14-20-18-12-8-6-10-16(18)17-11-7-9-13-19(17)20/h6-13,15,20-22H,5,14H2,1-4H3,(H,26,31)(H,29,30)/t15-,21?,22+/m1/s1. The zero-order chi connectivity index (χ0) is 24.1. The van der Waals surface area contributed by atoms with Crippen molar-refractivity contribution in [2.75, 3.05) is 20.8 Å². The van der Waals surface area contributed by atoms with Gasteiger partial charge in [0.25, 0.3) is 0 Å². The number of methoxy groups -OCH3 is 1. The normalized spacial score (nSPS) is 15.0. The second-order valence-electron chi connectivity index (χ2n) is 8.10. The molecule has 2 amide bonds. The number of alkyl carbamates (subject to hydrolysis) is 1. The average molecular weight is 455 g/mol. The van der Waals surface area contributed by atoms with E-state index in [1.54, 1.807) is 13.8 Å². The number of carbonyl (C=O) groups is 3. The molecule has 8 heteroatoms. The molecule has 0 bridgehead atoms. The number of carboxylic acid groups (broad SMARTS) is 1. The summed E-state index contributed by atoms with van der Waals surface area (Å²) in [5.41, 5.74) is 4.39. The Morgan fingerprint density at radius 3 is 2.09 bits per heavy atom. The highest BCUT2D eigenvalue weighted by atomic mass is 16.5. The number of carbonyl (C=O) groups excluding carboxylic acids is 2. The quantitative estimate of drug-likeness (QED) is 0.603. The molecule has 2 aromatic carbocycles. The SMILES string of the molecule is CCC(C(=O)O)N(C)C(=O)[C@@H](NC(=O)OCC1c2ccccc2-c2ccccc21)[C@@H](C)OC. The van der Waals surface area contributed by atoms with Crippen molar-refractivity contribution < 1.29 is 29.0 Å². The molecule has 0 heterocycles. The number of likely N-dealkylation sites (N-methyl/N-ethyl adjacent to an activating group) is 1. The fraction of sp³-hybridized carbons (Fsp3) is 0.400. The van der Waals surface area contributed by atoms with E-state index in [1.165, 1.54) is 14.2 Å². The van der Waals surface area contributed by atoms with E-state index >= 15 is 0 Å². The minimum absolute atomic E-state index is 0.102. The van der Waals surface area contributed by atoms with Crippen LogP contribution in [0.3, 0.4) is 0 Å². The van der Waals surface area contributed by atoms with Crippen molar-refractivity contribution >= 4 is 18.0 Å². The van der Waals surface area contributed by atoms with E-state index in [1.807, 2.05) is 48.5 Å². The van der Waals surface area contributed by atoms with Gasteiger partial charge in [-0.3, -0.25) is 4.79 Å². The van der Waals surface area contributed by atoms with Crippen LogP contribution in [0.2, 0.25) is 0 Å². The summed E-state index contributed by atoms with van der Waals surface area (Å²) in [5.74, 6) is -1.79. The Kier molecular flexibility index (Phi) is 7.71. The van der Waals surface area contributed by atoms with E-state index in [-0.39, 0.29) is 18.9 Å². The van der Waals surface area contributed by atoms with Crippen molar-refractivity contribution in [1.82, 2.24) is 10.2 Å². The maximum atomic E-state index is 13.0. The molecule has 0 radical (unpaired) electrons. The van der Waals surface area contributed by atoms with Crippen LogP contribution >= 0.6 is 0 Å². The van der Waals surface area contributed by atoms with Gasteiger partial charge in [-0.1, -0.05) is 55.5 Å². The molecule has 33 heavy (non-hydrogen) atoms. The van der Waals surface area contributed by atoms with Crippen molar-refractivity contribution in [3.05, 3.63) is 59.7 Å². The van der Waals surface area contributed by atoms with Gasteiger partial charge in [-0.25, -0.2) is 9.59 Å². The first kappa shape index (κ1) is 24.3. The highest BCUT2D eigenvalue weighted by Gasteiger charge is 2.35. The monoisotopic (exact) mass is 454 g/mol. The lowest BCUT2D eigenvalue weighted by molar-refractivity contribution is -0.151. The van der Waals surface area contributed by atoms with Crippen molar-refractivity contribution in [2.24, 2.45) is 0 Å². The summed E-state index contributed by atoms with van der Waals surface area (Å²) in [6.45, 7) is 3.41. The van der Waals surface area contributed by atoms with Gasteiger partial charge in [-0.15, -0.1) is 0 Å². The van der Waals surface area contributed by atoms with Crippen LogP contribution in [0.1, 0.15) is 37.3 Å². The summed E-state index contributed by atoms with van der Waals surface area (Å²) in [7, 11) is 2.82. The molecule has 176 valence electrons. The molecule has 0 saturated carbocycles. The second kappa shape index (κ2) is 10.5. The Hall–Kier alpha value is -3.39. The molecule has 1 aliphatic carbocycles. The van der Waals surface area contributed by atoms with Crippen LogP contribution in [0.25, 0.3) is 11.1 Å². The van der Waals surface area contributed by atoms with E-state index in [0.29, 0.717) is 0 Å². The Morgan fingerprint density at radius 1 is 1.06 bits per heavy atom. The van der Waals surface area contributed by atoms with Crippen LogP contribution < -0.4 is 5.32 Å². The summed E-state index contributed by atoms with van der Waals surface area (Å²) >= 11 is 0. The summed E-state index contributed by atoms with van der Waals surface area (Å²) in [6.07, 6.45) is -1.22. The smallest absolute Gasteiger partial charge is 0.407 e. The third-order valence-electron chi connectivity index (χ3n) is 6.21. The van der Waals surface area contributed by atoms with Gasteiger partial charge >= 0.3 is 12.1 Å². The lowest BCUT2D eigenvalue weighted by Crippen LogP contribution is -2.56. The highest BCUT2D eigenvalue weighted by molar-refractivity contribution is 5.89. The Bertz CT molecular complexity index is 978. The van der Waals surface area contributed by atoms with Crippen molar-refractivity contribution in [1.29, 1.82) is 0 Å². The lowest BCUT2D eigenvalue weighted by atomic mass is 9.98. The number of aliphatic carboxylic acids is 1. The van der Waals surface area contributed by atoms with E-state index in [2.05, 4.69) is 5.32 Å². The fourth-order valence-corrected chi connectivity index (χ4v) is 4.27. The number of amides is 2. The molecule has 8 nitrogen and oxygen atoms in total. The molecule has 0 aliphatic heterocycles. The minimum atomic E-state index is -1.11. The zero-order valence-electron chi connectivity index (χ0n) is 19.3. The van der Waals surface area contributed by atoms with Crippen molar-refractivity contribution in [3.8, 4) is 11.1 Å². The van der Waals surface area contributed by atoms with Gasteiger partial charge in [0.05, 0.1) is 6.10 Å². The number of hydrogen-bond acceptors (Lipinski definition) is 5. The van der Waals surface area contributed by atoms with Crippen LogP contribution in [-0.4, -0.2) is 66.9 Å². The molecule has 0 spiro atoms. The predicted octanol–water partition coefficient (Wildman–Crippen LogP) is 3.25. The van der Waals surface area contributed by atoms with Crippen LogP contribution in [0.4, 0.5) is 4.79 Å². The van der Waals surface area contributed by atoms with Crippen molar-refractivity contribution in [2.45, 2.75) is 44.4 Å². The molecule has 3 atom stereocenters. The number of nitrogens with zero attached hydrogens (tertiary/aromatic N) is 1. The lowest BCUT2D eigenvalue weighted by Gasteiger charge is -2.30. The van der Waals surface area contributed by atoms with Crippen LogP contribution in [0.5, 0.6) is 0 Å². The summed E-state index contributed by atoms with van der Waals surface area (Å²) in [4.78, 5) is 38.3. The van der Waals surface area contributed by atoms with Crippen LogP contribution in [0.15, 0.2) is 48.5 Å². The minimum Gasteiger partial charge on any atom is -0.480 e. The molecule has 1 unspecified atom stereocenters. The predicted molar refractivity (Wildman–Crippen MR) is 123 cm³/mol. The van der Waals surface area contributed by atoms with Gasteiger partial charge in [0.15, 0.2) is 0 Å². The van der Waals surface area contributed by atoms with Gasteiger partial charge in [-0.05, 0) is 35.6 Å². The molecule has 2 N–H and O–H groups in total. The van der Waals surface area contributed by atoms with Gasteiger partial charge in [-0.2, -0.15) is 0 Å². The molecule has 0 fully saturated rings. The van der Waals surface area contributed by atoms with Crippen LogP contribution in [0, 0.1) is 0 Å². The summed E-state index contributed by atoms with van der Waals surface area (Å²) in [6, 6.07) is 13.9. The van der Waals surface area contributed by atoms with Gasteiger partial charge in [0.1, 0.15) is 18.7 Å². The average Bonchev–Trinajstić information content (AvgIpc) is 3.14. The number of benzene rings is 2. The summed E-state index contributed by atoms with van der Waals surface area (Å²) < 4.78 is 10.8. The molecular formula is C25H30N2O6. The first-order valence-electron chi connectivity index (χ1n) is 10.9. The van der Waals surface area contributed by atoms with E-state index in [4.69, 9.17) is 9.47 Å². The summed E-state index contributed by atoms with van der Waals surface area (Å²) in [5, 5.41) is 11.9. The first-order valence-corrected chi connectivity index (χ1v) is 10.9. The van der Waals surface area contributed by atoms with Gasteiger partial charge in [0, 0.05) is 20.1 Å². The Morgan fingerprint density at radius 2 is 1.61 bits per heavy atom. The fourth-order valence-electron chi connectivity index (χ4n) is 4.27. The number of nitrogens with one attached hydrogen (secondary N) is 1. The van der Waals surface area contributed by atoms with Gasteiger partial charge in [0.2, 0.25) is 5.91 Å². The van der Waals surface area contributed by atoms with Crippen LogP contribution in [-0.2, 0) is 19.1 Å². The topological polar surface area (TPSA) is 105 Å². The van der Waals surface area contributed by atoms with E-state index < -0.39 is 36.2 Å². The number of fused-ring (bicyclic) bond motifs is 3.